The Bertz CT molecular complexity index is 1350. The fourth-order valence-corrected chi connectivity index (χ4v) is 4.77. The third kappa shape index (κ3) is 2.82. The quantitative estimate of drug-likeness (QED) is 0.305. The molecule has 0 N–H and O–H groups in total. The maximum atomic E-state index is 4.71. The topological polar surface area (TPSA) is 17.3 Å². The summed E-state index contributed by atoms with van der Waals surface area (Å²) in [5.74, 6) is 0.613. The van der Waals surface area contributed by atoms with E-state index in [-0.39, 0.29) is 0 Å². The first-order valence-electron chi connectivity index (χ1n) is 10.4. The van der Waals surface area contributed by atoms with Crippen LogP contribution in [0.2, 0.25) is 0 Å². The summed E-state index contributed by atoms with van der Waals surface area (Å²) in [5, 5.41) is 3.79. The van der Waals surface area contributed by atoms with Crippen LogP contribution in [0.3, 0.4) is 0 Å². The first-order chi connectivity index (χ1) is 14.0. The van der Waals surface area contributed by atoms with Crippen LogP contribution in [0.1, 0.15) is 30.5 Å². The third-order valence-corrected chi connectivity index (χ3v) is 5.90. The molecule has 0 saturated carbocycles. The van der Waals surface area contributed by atoms with Crippen molar-refractivity contribution in [1.82, 2.24) is 9.38 Å². The molecule has 0 aliphatic carbocycles. The zero-order valence-electron chi connectivity index (χ0n) is 17.5. The van der Waals surface area contributed by atoms with Crippen LogP contribution in [0, 0.1) is 19.8 Å². The SMILES string of the molecule is Cc1cccc(C)c1-c1cc(CC(C)C)cc2c3ccccc3c3nccn3c12. The molecule has 3 aromatic carbocycles. The highest BCUT2D eigenvalue weighted by molar-refractivity contribution is 6.15. The van der Waals surface area contributed by atoms with Gasteiger partial charge < -0.3 is 0 Å². The van der Waals surface area contributed by atoms with E-state index in [2.05, 4.69) is 92.9 Å². The number of imidazole rings is 1. The molecule has 0 amide bonds. The number of benzene rings is 3. The normalized spacial score (nSPS) is 11.9. The van der Waals surface area contributed by atoms with Crippen LogP contribution < -0.4 is 0 Å². The monoisotopic (exact) mass is 378 g/mol. The predicted octanol–water partition coefficient (Wildman–Crippen LogP) is 7.12. The first kappa shape index (κ1) is 17.9. The van der Waals surface area contributed by atoms with Crippen LogP contribution in [0.4, 0.5) is 0 Å². The number of fused-ring (bicyclic) bond motifs is 6. The van der Waals surface area contributed by atoms with Crippen LogP contribution in [-0.2, 0) is 6.42 Å². The number of nitrogens with zero attached hydrogens (tertiary/aromatic N) is 2. The van der Waals surface area contributed by atoms with Crippen LogP contribution >= 0.6 is 0 Å². The van der Waals surface area contributed by atoms with Gasteiger partial charge in [-0.3, -0.25) is 4.40 Å². The van der Waals surface area contributed by atoms with E-state index < -0.39 is 0 Å². The van der Waals surface area contributed by atoms with E-state index in [9.17, 15) is 0 Å². The predicted molar refractivity (Wildman–Crippen MR) is 124 cm³/mol. The van der Waals surface area contributed by atoms with E-state index in [1.807, 2.05) is 6.20 Å². The van der Waals surface area contributed by atoms with Crippen molar-refractivity contribution >= 4 is 27.3 Å². The van der Waals surface area contributed by atoms with Crippen molar-refractivity contribution in [2.75, 3.05) is 0 Å². The summed E-state index contributed by atoms with van der Waals surface area (Å²) < 4.78 is 2.28. The van der Waals surface area contributed by atoms with Crippen molar-refractivity contribution in [2.45, 2.75) is 34.1 Å². The summed E-state index contributed by atoms with van der Waals surface area (Å²) in [7, 11) is 0. The zero-order valence-corrected chi connectivity index (χ0v) is 17.5. The number of rotatable bonds is 3. The molecular weight excluding hydrogens is 352 g/mol. The number of hydrogen-bond donors (Lipinski definition) is 0. The average molecular weight is 379 g/mol. The lowest BCUT2D eigenvalue weighted by Gasteiger charge is -2.18. The molecule has 5 aromatic rings. The van der Waals surface area contributed by atoms with Crippen molar-refractivity contribution in [3.8, 4) is 11.1 Å². The van der Waals surface area contributed by atoms with Gasteiger partial charge >= 0.3 is 0 Å². The maximum Gasteiger partial charge on any atom is 0.145 e. The Kier molecular flexibility index (Phi) is 4.16. The molecule has 2 heterocycles. The minimum atomic E-state index is 0.613. The number of hydrogen-bond acceptors (Lipinski definition) is 1. The molecule has 0 aliphatic heterocycles. The maximum absolute atomic E-state index is 4.71. The lowest BCUT2D eigenvalue weighted by molar-refractivity contribution is 0.648. The van der Waals surface area contributed by atoms with E-state index in [0.29, 0.717) is 5.92 Å². The Morgan fingerprint density at radius 1 is 0.862 bits per heavy atom. The highest BCUT2D eigenvalue weighted by atomic mass is 15.0. The van der Waals surface area contributed by atoms with Crippen LogP contribution in [-0.4, -0.2) is 9.38 Å². The van der Waals surface area contributed by atoms with Crippen LogP contribution in [0.15, 0.2) is 67.0 Å². The van der Waals surface area contributed by atoms with Gasteiger partial charge in [0.15, 0.2) is 0 Å². The summed E-state index contributed by atoms with van der Waals surface area (Å²) >= 11 is 0. The molecule has 0 unspecified atom stereocenters. The lowest BCUT2D eigenvalue weighted by atomic mass is 9.89. The van der Waals surface area contributed by atoms with Gasteiger partial charge in [-0.25, -0.2) is 4.98 Å². The molecular formula is C27H26N2. The van der Waals surface area contributed by atoms with E-state index in [4.69, 9.17) is 4.98 Å². The summed E-state index contributed by atoms with van der Waals surface area (Å²) in [6, 6.07) is 20.1. The Morgan fingerprint density at radius 2 is 1.59 bits per heavy atom. The Labute approximate surface area is 171 Å². The molecule has 144 valence electrons. The molecule has 0 fully saturated rings. The second kappa shape index (κ2) is 6.73. The molecule has 0 spiro atoms. The number of aryl methyl sites for hydroxylation is 2. The minimum Gasteiger partial charge on any atom is -0.299 e. The molecule has 0 atom stereocenters. The van der Waals surface area contributed by atoms with Gasteiger partial charge in [-0.2, -0.15) is 0 Å². The van der Waals surface area contributed by atoms with Gasteiger partial charge in [0.25, 0.3) is 0 Å². The highest BCUT2D eigenvalue weighted by Crippen LogP contribution is 2.39. The largest absolute Gasteiger partial charge is 0.299 e. The zero-order chi connectivity index (χ0) is 20.1. The summed E-state index contributed by atoms with van der Waals surface area (Å²) in [6.07, 6.45) is 5.09. The van der Waals surface area contributed by atoms with Gasteiger partial charge in [0.2, 0.25) is 0 Å². The van der Waals surface area contributed by atoms with Crippen LogP contribution in [0.25, 0.3) is 38.4 Å². The molecule has 5 rings (SSSR count). The van der Waals surface area contributed by atoms with Crippen molar-refractivity contribution in [3.05, 3.63) is 83.7 Å². The van der Waals surface area contributed by atoms with E-state index in [1.165, 1.54) is 49.5 Å². The molecule has 0 aliphatic rings. The van der Waals surface area contributed by atoms with Crippen molar-refractivity contribution in [1.29, 1.82) is 0 Å². The Balaban J connectivity index is 2.03. The van der Waals surface area contributed by atoms with Gasteiger partial charge in [0.05, 0.1) is 5.52 Å². The van der Waals surface area contributed by atoms with Crippen molar-refractivity contribution < 1.29 is 0 Å². The molecule has 29 heavy (non-hydrogen) atoms. The second-order valence-corrected chi connectivity index (χ2v) is 8.57. The first-order valence-corrected chi connectivity index (χ1v) is 10.4. The third-order valence-electron chi connectivity index (χ3n) is 5.90. The van der Waals surface area contributed by atoms with E-state index >= 15 is 0 Å². The molecule has 2 aromatic heterocycles. The van der Waals surface area contributed by atoms with E-state index in [0.717, 1.165) is 12.1 Å². The number of aromatic nitrogens is 2. The summed E-state index contributed by atoms with van der Waals surface area (Å²) in [5.41, 5.74) is 8.95. The fourth-order valence-electron chi connectivity index (χ4n) is 4.77. The van der Waals surface area contributed by atoms with Gasteiger partial charge in [-0.1, -0.05) is 56.3 Å². The minimum absolute atomic E-state index is 0.613. The highest BCUT2D eigenvalue weighted by Gasteiger charge is 2.17. The Morgan fingerprint density at radius 3 is 2.31 bits per heavy atom. The standard InChI is InChI=1S/C27H26N2/c1-17(2)14-20-15-23-21-10-5-6-11-22(21)27-28-12-13-29(27)26(23)24(16-20)25-18(3)8-7-9-19(25)4/h5-13,15-17H,14H2,1-4H3. The average Bonchev–Trinajstić information content (AvgIpc) is 3.17. The summed E-state index contributed by atoms with van der Waals surface area (Å²) in [4.78, 5) is 4.71. The van der Waals surface area contributed by atoms with Crippen molar-refractivity contribution in [2.24, 2.45) is 5.92 Å². The fraction of sp³-hybridized carbons (Fsp3) is 0.222. The second-order valence-electron chi connectivity index (χ2n) is 8.57. The molecule has 2 heteroatoms. The molecule has 0 saturated heterocycles. The molecule has 0 radical (unpaired) electrons. The lowest BCUT2D eigenvalue weighted by Crippen LogP contribution is -2.00. The van der Waals surface area contributed by atoms with Gasteiger partial charge in [0, 0.05) is 28.7 Å². The van der Waals surface area contributed by atoms with Crippen molar-refractivity contribution in [3.63, 3.8) is 0 Å². The van der Waals surface area contributed by atoms with Gasteiger partial charge in [0.1, 0.15) is 5.65 Å². The number of pyridine rings is 1. The van der Waals surface area contributed by atoms with E-state index in [1.54, 1.807) is 0 Å². The smallest absolute Gasteiger partial charge is 0.145 e. The molecule has 0 bridgehead atoms. The van der Waals surface area contributed by atoms with Gasteiger partial charge in [-0.15, -0.1) is 0 Å². The Hall–Kier alpha value is -3.13. The molecule has 2 nitrogen and oxygen atoms in total. The van der Waals surface area contributed by atoms with Crippen LogP contribution in [0.5, 0.6) is 0 Å². The summed E-state index contributed by atoms with van der Waals surface area (Å²) in [6.45, 7) is 9.02. The van der Waals surface area contributed by atoms with Gasteiger partial charge in [-0.05, 0) is 66.0 Å².